The van der Waals surface area contributed by atoms with E-state index in [9.17, 15) is 15.3 Å². The number of aromatic nitrogens is 4. The average Bonchev–Trinajstić information content (AvgIpc) is 3.54. The largest absolute Gasteiger partial charge is 0.396 e. The summed E-state index contributed by atoms with van der Waals surface area (Å²) in [6.45, 7) is 8.26. The summed E-state index contributed by atoms with van der Waals surface area (Å²) >= 11 is 1.58. The fourth-order valence-corrected chi connectivity index (χ4v) is 6.17. The van der Waals surface area contributed by atoms with Gasteiger partial charge in [-0.1, -0.05) is 13.8 Å². The van der Waals surface area contributed by atoms with Gasteiger partial charge in [-0.2, -0.15) is 4.98 Å². The third-order valence-electron chi connectivity index (χ3n) is 7.33. The molecular formula is C26H36N6O3S. The highest BCUT2D eigenvalue weighted by Crippen LogP contribution is 2.39. The number of hydrogen-bond donors (Lipinski definition) is 5. The molecular weight excluding hydrogens is 476 g/mol. The molecule has 36 heavy (non-hydrogen) atoms. The van der Waals surface area contributed by atoms with Crippen molar-refractivity contribution in [3.8, 4) is 10.6 Å². The first-order chi connectivity index (χ1) is 17.2. The van der Waals surface area contributed by atoms with E-state index in [-0.39, 0.29) is 18.6 Å². The van der Waals surface area contributed by atoms with Crippen LogP contribution in [0.5, 0.6) is 0 Å². The first-order valence-corrected chi connectivity index (χ1v) is 13.7. The van der Waals surface area contributed by atoms with Gasteiger partial charge in [-0.3, -0.25) is 4.98 Å². The lowest BCUT2D eigenvalue weighted by Gasteiger charge is -2.22. The lowest BCUT2D eigenvalue weighted by atomic mass is 10.1. The molecule has 2 aliphatic rings. The molecule has 2 saturated carbocycles. The van der Waals surface area contributed by atoms with E-state index in [1.54, 1.807) is 11.3 Å². The minimum atomic E-state index is -1.01. The standard InChI is InChI=1S/C26H36N6O3S/c1-12(2)9-17-21-19(7-8-27-17)36-25(31-21)20-14(4)29-26(28-13(3)15-5-6-15)32-24(20)30-18-10-16(11-33)22(34)23(18)35/h7-8,12-13,15-16,18,22-23,33-35H,5-6,9-11H2,1-4H3,(H2,28,29,30,32)/t13-,16-,18-,22-,23+/m1/s1. The number of anilines is 2. The fraction of sp³-hybridized carbons (Fsp3) is 0.615. The number of hydrogen-bond acceptors (Lipinski definition) is 10. The first kappa shape index (κ1) is 25.3. The zero-order valence-corrected chi connectivity index (χ0v) is 22.1. The predicted molar refractivity (Wildman–Crippen MR) is 142 cm³/mol. The van der Waals surface area contributed by atoms with Crippen LogP contribution >= 0.6 is 11.3 Å². The van der Waals surface area contributed by atoms with E-state index in [0.29, 0.717) is 30.0 Å². The van der Waals surface area contributed by atoms with Crippen LogP contribution in [-0.2, 0) is 6.42 Å². The number of fused-ring (bicyclic) bond motifs is 1. The maximum Gasteiger partial charge on any atom is 0.225 e. The molecule has 0 unspecified atom stereocenters. The van der Waals surface area contributed by atoms with Gasteiger partial charge in [0.1, 0.15) is 22.4 Å². The van der Waals surface area contributed by atoms with Crippen molar-refractivity contribution in [3.63, 3.8) is 0 Å². The molecule has 0 aliphatic heterocycles. The molecule has 0 spiro atoms. The summed E-state index contributed by atoms with van der Waals surface area (Å²) in [7, 11) is 0. The maximum atomic E-state index is 10.7. The molecule has 5 atom stereocenters. The van der Waals surface area contributed by atoms with Gasteiger partial charge in [0.15, 0.2) is 0 Å². The van der Waals surface area contributed by atoms with Crippen molar-refractivity contribution in [3.05, 3.63) is 23.7 Å². The van der Waals surface area contributed by atoms with Crippen LogP contribution in [-0.4, -0.2) is 66.2 Å². The molecule has 2 fully saturated rings. The van der Waals surface area contributed by atoms with Crippen LogP contribution in [0.4, 0.5) is 11.8 Å². The van der Waals surface area contributed by atoms with Gasteiger partial charge in [0.05, 0.1) is 33.8 Å². The molecule has 10 heteroatoms. The second kappa shape index (κ2) is 10.2. The van der Waals surface area contributed by atoms with Crippen molar-refractivity contribution >= 4 is 33.3 Å². The van der Waals surface area contributed by atoms with Crippen LogP contribution < -0.4 is 10.6 Å². The zero-order chi connectivity index (χ0) is 25.6. The Hall–Kier alpha value is -2.40. The van der Waals surface area contributed by atoms with Crippen molar-refractivity contribution in [1.29, 1.82) is 0 Å². The molecule has 194 valence electrons. The number of pyridine rings is 1. The molecule has 0 radical (unpaired) electrons. The van der Waals surface area contributed by atoms with Gasteiger partial charge in [-0.05, 0) is 57.4 Å². The summed E-state index contributed by atoms with van der Waals surface area (Å²) in [4.78, 5) is 19.2. The van der Waals surface area contributed by atoms with Gasteiger partial charge in [0.2, 0.25) is 5.95 Å². The predicted octanol–water partition coefficient (Wildman–Crippen LogP) is 3.38. The van der Waals surface area contributed by atoms with E-state index in [4.69, 9.17) is 15.0 Å². The van der Waals surface area contributed by atoms with Crippen molar-refractivity contribution in [1.82, 2.24) is 19.9 Å². The Morgan fingerprint density at radius 2 is 1.89 bits per heavy atom. The second-order valence-electron chi connectivity index (χ2n) is 10.8. The topological polar surface area (TPSA) is 136 Å². The number of aryl methyl sites for hydroxylation is 1. The summed E-state index contributed by atoms with van der Waals surface area (Å²) in [5, 5.41) is 38.3. The van der Waals surface area contributed by atoms with Crippen LogP contribution in [0.2, 0.25) is 0 Å². The molecule has 3 heterocycles. The maximum absolute atomic E-state index is 10.7. The van der Waals surface area contributed by atoms with Gasteiger partial charge < -0.3 is 26.0 Å². The molecule has 0 saturated heterocycles. The van der Waals surface area contributed by atoms with E-state index in [1.807, 2.05) is 19.2 Å². The van der Waals surface area contributed by atoms with Crippen LogP contribution in [0.1, 0.15) is 51.4 Å². The number of aliphatic hydroxyl groups excluding tert-OH is 3. The number of rotatable bonds is 9. The van der Waals surface area contributed by atoms with Crippen molar-refractivity contribution in [2.45, 2.75) is 77.7 Å². The zero-order valence-electron chi connectivity index (χ0n) is 21.3. The van der Waals surface area contributed by atoms with Gasteiger partial charge in [0, 0.05) is 24.8 Å². The van der Waals surface area contributed by atoms with Crippen molar-refractivity contribution in [2.24, 2.45) is 17.8 Å². The quantitative estimate of drug-likeness (QED) is 0.292. The third-order valence-corrected chi connectivity index (χ3v) is 8.37. The number of aliphatic hydroxyl groups is 3. The summed E-state index contributed by atoms with van der Waals surface area (Å²) in [5.74, 6) is 1.82. The van der Waals surface area contributed by atoms with Gasteiger partial charge in [-0.25, -0.2) is 9.97 Å². The highest BCUT2D eigenvalue weighted by molar-refractivity contribution is 7.21. The van der Waals surface area contributed by atoms with Crippen LogP contribution in [0.25, 0.3) is 20.8 Å². The van der Waals surface area contributed by atoms with Gasteiger partial charge in [-0.15, -0.1) is 11.3 Å². The number of nitrogens with one attached hydrogen (secondary N) is 2. The molecule has 0 amide bonds. The van der Waals surface area contributed by atoms with Gasteiger partial charge >= 0.3 is 0 Å². The van der Waals surface area contributed by atoms with E-state index in [2.05, 4.69) is 36.4 Å². The highest BCUT2D eigenvalue weighted by Gasteiger charge is 2.41. The Labute approximate surface area is 215 Å². The minimum Gasteiger partial charge on any atom is -0.396 e. The Morgan fingerprint density at radius 3 is 2.56 bits per heavy atom. The SMILES string of the molecule is Cc1nc(N[C@H](C)C2CC2)nc(N[C@@H]2C[C@H](CO)[C@@H](O)[C@H]2O)c1-c1nc2c(CC(C)C)nccc2s1. The van der Waals surface area contributed by atoms with Gasteiger partial charge in [0.25, 0.3) is 0 Å². The molecule has 9 nitrogen and oxygen atoms in total. The fourth-order valence-electron chi connectivity index (χ4n) is 5.09. The highest BCUT2D eigenvalue weighted by atomic mass is 32.1. The van der Waals surface area contributed by atoms with E-state index < -0.39 is 18.2 Å². The Kier molecular flexibility index (Phi) is 7.13. The van der Waals surface area contributed by atoms with Crippen LogP contribution in [0, 0.1) is 24.7 Å². The Balaban J connectivity index is 1.55. The van der Waals surface area contributed by atoms with E-state index >= 15 is 0 Å². The van der Waals surface area contributed by atoms with Crippen LogP contribution in [0.3, 0.4) is 0 Å². The molecule has 0 aromatic carbocycles. The molecule has 3 aromatic rings. The smallest absolute Gasteiger partial charge is 0.225 e. The monoisotopic (exact) mass is 512 g/mol. The summed E-state index contributed by atoms with van der Waals surface area (Å²) < 4.78 is 1.06. The molecule has 0 bridgehead atoms. The lowest BCUT2D eigenvalue weighted by molar-refractivity contribution is 0.00446. The third kappa shape index (κ3) is 5.04. The summed E-state index contributed by atoms with van der Waals surface area (Å²) in [5.41, 5.74) is 3.44. The van der Waals surface area contributed by atoms with E-state index in [0.717, 1.165) is 38.6 Å². The van der Waals surface area contributed by atoms with Crippen LogP contribution in [0.15, 0.2) is 12.3 Å². The lowest BCUT2D eigenvalue weighted by Crippen LogP contribution is -2.36. The minimum absolute atomic E-state index is 0.179. The number of thiazole rings is 1. The summed E-state index contributed by atoms with van der Waals surface area (Å²) in [6.07, 6.45) is 3.54. The van der Waals surface area contributed by atoms with Crippen molar-refractivity contribution in [2.75, 3.05) is 17.2 Å². The van der Waals surface area contributed by atoms with Crippen molar-refractivity contribution < 1.29 is 15.3 Å². The van der Waals surface area contributed by atoms with E-state index in [1.165, 1.54) is 12.8 Å². The number of nitrogens with zero attached hydrogens (tertiary/aromatic N) is 4. The average molecular weight is 513 g/mol. The summed E-state index contributed by atoms with van der Waals surface area (Å²) in [6, 6.07) is 1.80. The molecule has 5 N–H and O–H groups in total. The molecule has 5 rings (SSSR count). The molecule has 3 aromatic heterocycles. The Bertz CT molecular complexity index is 1230. The normalized spacial score (nSPS) is 25.0. The first-order valence-electron chi connectivity index (χ1n) is 12.9. The second-order valence-corrected chi connectivity index (χ2v) is 11.8. The Morgan fingerprint density at radius 1 is 1.11 bits per heavy atom. The molecule has 2 aliphatic carbocycles.